The van der Waals surface area contributed by atoms with E-state index in [0.717, 1.165) is 0 Å². The number of nitrogens with zero attached hydrogens (tertiary/aromatic N) is 2. The molecular weight excluding hydrogens is 298 g/mol. The van der Waals surface area contributed by atoms with Crippen molar-refractivity contribution in [1.29, 1.82) is 5.26 Å². The molecular formula is C16H15N3O4. The number of imide groups is 1. The fourth-order valence-corrected chi connectivity index (χ4v) is 3.02. The maximum Gasteiger partial charge on any atom is 0.256 e. The van der Waals surface area contributed by atoms with Crippen LogP contribution >= 0.6 is 0 Å². The number of benzene rings is 1. The highest BCUT2D eigenvalue weighted by Crippen LogP contribution is 2.33. The Balaban J connectivity index is 1.95. The fourth-order valence-electron chi connectivity index (χ4n) is 3.02. The molecule has 0 aromatic heterocycles. The first kappa shape index (κ1) is 15.0. The minimum atomic E-state index is -0.685. The summed E-state index contributed by atoms with van der Waals surface area (Å²) in [6, 6.07) is 4.75. The molecule has 0 aliphatic carbocycles. The van der Waals surface area contributed by atoms with Crippen molar-refractivity contribution in [3.8, 4) is 11.8 Å². The Morgan fingerprint density at radius 3 is 2.83 bits per heavy atom. The lowest BCUT2D eigenvalue weighted by Crippen LogP contribution is -2.52. The first-order valence-corrected chi connectivity index (χ1v) is 7.40. The zero-order chi connectivity index (χ0) is 16.6. The highest BCUT2D eigenvalue weighted by molar-refractivity contribution is 6.06. The second-order valence-electron chi connectivity index (χ2n) is 5.42. The lowest BCUT2D eigenvalue weighted by atomic mass is 10.0. The van der Waals surface area contributed by atoms with E-state index >= 15 is 0 Å². The van der Waals surface area contributed by atoms with E-state index in [2.05, 4.69) is 5.32 Å². The molecule has 3 amide bonds. The minimum Gasteiger partial charge on any atom is -0.492 e. The topological polar surface area (TPSA) is 99.5 Å². The summed E-state index contributed by atoms with van der Waals surface area (Å²) in [5.41, 5.74) is 1.19. The van der Waals surface area contributed by atoms with Crippen LogP contribution in [-0.2, 0) is 16.1 Å². The van der Waals surface area contributed by atoms with Gasteiger partial charge >= 0.3 is 0 Å². The van der Waals surface area contributed by atoms with Gasteiger partial charge in [-0.3, -0.25) is 19.7 Å². The average molecular weight is 313 g/mol. The highest BCUT2D eigenvalue weighted by atomic mass is 16.5. The first-order chi connectivity index (χ1) is 11.1. The third-order valence-corrected chi connectivity index (χ3v) is 4.07. The normalized spacial score (nSPS) is 20.1. The summed E-state index contributed by atoms with van der Waals surface area (Å²) >= 11 is 0. The van der Waals surface area contributed by atoms with Crippen LogP contribution < -0.4 is 10.1 Å². The van der Waals surface area contributed by atoms with Crippen LogP contribution in [0.15, 0.2) is 12.1 Å². The molecule has 0 spiro atoms. The number of hydrogen-bond donors (Lipinski definition) is 1. The van der Waals surface area contributed by atoms with Crippen LogP contribution in [0, 0.1) is 11.3 Å². The SMILES string of the molecule is CCOc1ccc2c(c1C#N)C(=O)N(C1CCC(=O)NC1=O)C2. The van der Waals surface area contributed by atoms with Gasteiger partial charge in [0, 0.05) is 13.0 Å². The van der Waals surface area contributed by atoms with Gasteiger partial charge in [0.1, 0.15) is 23.4 Å². The number of rotatable bonds is 3. The Morgan fingerprint density at radius 2 is 2.17 bits per heavy atom. The zero-order valence-corrected chi connectivity index (χ0v) is 12.6. The molecule has 7 nitrogen and oxygen atoms in total. The number of hydrogen-bond acceptors (Lipinski definition) is 5. The molecule has 0 saturated carbocycles. The molecule has 2 aliphatic rings. The molecule has 23 heavy (non-hydrogen) atoms. The van der Waals surface area contributed by atoms with Gasteiger partial charge in [-0.05, 0) is 25.0 Å². The molecule has 2 heterocycles. The van der Waals surface area contributed by atoms with Crippen LogP contribution in [0.3, 0.4) is 0 Å². The quantitative estimate of drug-likeness (QED) is 0.829. The van der Waals surface area contributed by atoms with E-state index in [4.69, 9.17) is 4.74 Å². The van der Waals surface area contributed by atoms with Crippen molar-refractivity contribution in [2.24, 2.45) is 0 Å². The van der Waals surface area contributed by atoms with E-state index < -0.39 is 11.9 Å². The molecule has 1 fully saturated rings. The molecule has 118 valence electrons. The van der Waals surface area contributed by atoms with Crippen LogP contribution in [-0.4, -0.2) is 35.3 Å². The van der Waals surface area contributed by atoms with Crippen LogP contribution in [0.25, 0.3) is 0 Å². The summed E-state index contributed by atoms with van der Waals surface area (Å²) in [5, 5.41) is 11.6. The number of nitrogens with one attached hydrogen (secondary N) is 1. The van der Waals surface area contributed by atoms with Gasteiger partial charge in [-0.1, -0.05) is 6.07 Å². The van der Waals surface area contributed by atoms with E-state index in [0.29, 0.717) is 29.9 Å². The maximum absolute atomic E-state index is 12.7. The summed E-state index contributed by atoms with van der Waals surface area (Å²) in [5.74, 6) is -0.794. The summed E-state index contributed by atoms with van der Waals surface area (Å²) in [6.45, 7) is 2.44. The predicted molar refractivity (Wildman–Crippen MR) is 78.4 cm³/mol. The lowest BCUT2D eigenvalue weighted by molar-refractivity contribution is -0.136. The molecule has 2 aliphatic heterocycles. The molecule has 1 unspecified atom stereocenters. The van der Waals surface area contributed by atoms with Gasteiger partial charge < -0.3 is 9.64 Å². The molecule has 0 bridgehead atoms. The molecule has 1 atom stereocenters. The number of amides is 3. The number of carbonyl (C=O) groups excluding carboxylic acids is 3. The van der Waals surface area contributed by atoms with Crippen molar-refractivity contribution < 1.29 is 19.1 Å². The van der Waals surface area contributed by atoms with Gasteiger partial charge in [0.15, 0.2) is 0 Å². The van der Waals surface area contributed by atoms with Crippen LogP contribution in [0.5, 0.6) is 5.75 Å². The van der Waals surface area contributed by atoms with Crippen molar-refractivity contribution in [2.75, 3.05) is 6.61 Å². The van der Waals surface area contributed by atoms with E-state index in [1.165, 1.54) is 4.90 Å². The molecule has 7 heteroatoms. The van der Waals surface area contributed by atoms with Gasteiger partial charge in [-0.2, -0.15) is 5.26 Å². The van der Waals surface area contributed by atoms with Gasteiger partial charge in [0.25, 0.3) is 5.91 Å². The third-order valence-electron chi connectivity index (χ3n) is 4.07. The van der Waals surface area contributed by atoms with Crippen molar-refractivity contribution in [2.45, 2.75) is 32.4 Å². The Kier molecular flexibility index (Phi) is 3.74. The van der Waals surface area contributed by atoms with Gasteiger partial charge in [0.2, 0.25) is 11.8 Å². The Hall–Kier alpha value is -2.88. The van der Waals surface area contributed by atoms with Gasteiger partial charge in [0.05, 0.1) is 12.2 Å². The van der Waals surface area contributed by atoms with Gasteiger partial charge in [-0.15, -0.1) is 0 Å². The van der Waals surface area contributed by atoms with Crippen LogP contribution in [0.2, 0.25) is 0 Å². The van der Waals surface area contributed by atoms with E-state index in [-0.39, 0.29) is 30.3 Å². The van der Waals surface area contributed by atoms with Crippen molar-refractivity contribution in [3.63, 3.8) is 0 Å². The molecule has 1 saturated heterocycles. The van der Waals surface area contributed by atoms with E-state index in [9.17, 15) is 19.6 Å². The van der Waals surface area contributed by atoms with E-state index in [1.807, 2.05) is 6.07 Å². The number of piperidine rings is 1. The Labute approximate surface area is 132 Å². The number of nitriles is 1. The first-order valence-electron chi connectivity index (χ1n) is 7.40. The Morgan fingerprint density at radius 1 is 1.39 bits per heavy atom. The number of carbonyl (C=O) groups is 3. The molecule has 1 aromatic rings. The van der Waals surface area contributed by atoms with E-state index in [1.54, 1.807) is 19.1 Å². The zero-order valence-electron chi connectivity index (χ0n) is 12.6. The second kappa shape index (κ2) is 5.72. The molecule has 0 radical (unpaired) electrons. The fraction of sp³-hybridized carbons (Fsp3) is 0.375. The largest absolute Gasteiger partial charge is 0.492 e. The molecule has 1 aromatic carbocycles. The van der Waals surface area contributed by atoms with Crippen LogP contribution in [0.4, 0.5) is 0 Å². The van der Waals surface area contributed by atoms with Crippen molar-refractivity contribution in [3.05, 3.63) is 28.8 Å². The molecule has 1 N–H and O–H groups in total. The second-order valence-corrected chi connectivity index (χ2v) is 5.42. The highest BCUT2D eigenvalue weighted by Gasteiger charge is 2.40. The smallest absolute Gasteiger partial charge is 0.256 e. The maximum atomic E-state index is 12.7. The monoisotopic (exact) mass is 313 g/mol. The third kappa shape index (κ3) is 2.42. The molecule has 3 rings (SSSR count). The summed E-state index contributed by atoms with van der Waals surface area (Å²) in [7, 11) is 0. The predicted octanol–water partition coefficient (Wildman–Crippen LogP) is 0.718. The number of ether oxygens (including phenoxy) is 1. The minimum absolute atomic E-state index is 0.198. The number of fused-ring (bicyclic) bond motifs is 1. The average Bonchev–Trinajstić information content (AvgIpc) is 2.85. The van der Waals surface area contributed by atoms with Crippen LogP contribution in [0.1, 0.15) is 41.3 Å². The van der Waals surface area contributed by atoms with Gasteiger partial charge in [-0.25, -0.2) is 0 Å². The summed E-state index contributed by atoms with van der Waals surface area (Å²) < 4.78 is 5.40. The summed E-state index contributed by atoms with van der Waals surface area (Å²) in [4.78, 5) is 37.4. The van der Waals surface area contributed by atoms with Crippen molar-refractivity contribution >= 4 is 17.7 Å². The standard InChI is InChI=1S/C16H15N3O4/c1-2-23-12-5-3-9-8-19(16(22)14(9)10(12)7-17)11-4-6-13(20)18-15(11)21/h3,5,11H,2,4,6,8H2,1H3,(H,18,20,21). The summed E-state index contributed by atoms with van der Waals surface area (Å²) in [6.07, 6.45) is 0.496. The lowest BCUT2D eigenvalue weighted by Gasteiger charge is -2.29. The Bertz CT molecular complexity index is 750. The van der Waals surface area contributed by atoms with Crippen molar-refractivity contribution in [1.82, 2.24) is 10.2 Å².